The Bertz CT molecular complexity index is 148. The molecule has 1 N–H and O–H groups in total. The molecule has 2 unspecified atom stereocenters. The van der Waals surface area contributed by atoms with E-state index in [0.717, 1.165) is 31.2 Å². The van der Waals surface area contributed by atoms with Crippen molar-refractivity contribution in [3.63, 3.8) is 0 Å². The third-order valence-electron chi connectivity index (χ3n) is 3.45. The molecular weight excluding hydrogens is 162 g/mol. The fourth-order valence-electron chi connectivity index (χ4n) is 2.81. The standard InChI is InChI=1S/C11H21NO/c1-2-13-6-5-9-7-10-3-4-11(8-9)12-10/h9-12H,2-8H2,1H3. The van der Waals surface area contributed by atoms with E-state index in [1.165, 1.54) is 32.1 Å². The Morgan fingerprint density at radius 1 is 1.23 bits per heavy atom. The lowest BCUT2D eigenvalue weighted by Crippen LogP contribution is -2.38. The molecule has 2 heteroatoms. The Kier molecular flexibility index (Phi) is 3.23. The Hall–Kier alpha value is -0.0800. The minimum atomic E-state index is 0.838. The molecule has 2 bridgehead atoms. The van der Waals surface area contributed by atoms with E-state index in [1.54, 1.807) is 0 Å². The van der Waals surface area contributed by atoms with Gasteiger partial charge >= 0.3 is 0 Å². The number of nitrogens with one attached hydrogen (secondary N) is 1. The smallest absolute Gasteiger partial charge is 0.0468 e. The summed E-state index contributed by atoms with van der Waals surface area (Å²) >= 11 is 0. The average Bonchev–Trinajstić information content (AvgIpc) is 2.46. The highest BCUT2D eigenvalue weighted by Crippen LogP contribution is 2.32. The Morgan fingerprint density at radius 3 is 2.54 bits per heavy atom. The Balaban J connectivity index is 1.69. The van der Waals surface area contributed by atoms with Crippen molar-refractivity contribution in [3.05, 3.63) is 0 Å². The van der Waals surface area contributed by atoms with Crippen molar-refractivity contribution < 1.29 is 4.74 Å². The van der Waals surface area contributed by atoms with Gasteiger partial charge in [-0.2, -0.15) is 0 Å². The topological polar surface area (TPSA) is 21.3 Å². The predicted octanol–water partition coefficient (Wildman–Crippen LogP) is 1.94. The van der Waals surface area contributed by atoms with Crippen molar-refractivity contribution in [3.8, 4) is 0 Å². The SMILES string of the molecule is CCOCCC1CC2CCC(C1)N2. The summed E-state index contributed by atoms with van der Waals surface area (Å²) in [6.45, 7) is 3.92. The van der Waals surface area contributed by atoms with E-state index in [9.17, 15) is 0 Å². The van der Waals surface area contributed by atoms with Crippen molar-refractivity contribution in [2.45, 2.75) is 51.1 Å². The zero-order chi connectivity index (χ0) is 9.10. The molecule has 0 aromatic heterocycles. The van der Waals surface area contributed by atoms with Crippen molar-refractivity contribution >= 4 is 0 Å². The summed E-state index contributed by atoms with van der Waals surface area (Å²) in [4.78, 5) is 0. The van der Waals surface area contributed by atoms with Crippen LogP contribution in [0.1, 0.15) is 39.0 Å². The largest absolute Gasteiger partial charge is 0.382 e. The summed E-state index contributed by atoms with van der Waals surface area (Å²) in [7, 11) is 0. The quantitative estimate of drug-likeness (QED) is 0.673. The van der Waals surface area contributed by atoms with E-state index in [2.05, 4.69) is 12.2 Å². The van der Waals surface area contributed by atoms with Gasteiger partial charge in [-0.05, 0) is 44.9 Å². The van der Waals surface area contributed by atoms with Crippen LogP contribution >= 0.6 is 0 Å². The van der Waals surface area contributed by atoms with Gasteiger partial charge in [-0.1, -0.05) is 0 Å². The highest BCUT2D eigenvalue weighted by Gasteiger charge is 2.32. The van der Waals surface area contributed by atoms with Crippen molar-refractivity contribution in [2.24, 2.45) is 5.92 Å². The van der Waals surface area contributed by atoms with Gasteiger partial charge in [-0.15, -0.1) is 0 Å². The molecule has 2 aliphatic heterocycles. The third kappa shape index (κ3) is 2.44. The summed E-state index contributed by atoms with van der Waals surface area (Å²) in [5.74, 6) is 0.935. The van der Waals surface area contributed by atoms with Crippen LogP contribution in [0, 0.1) is 5.92 Å². The molecule has 0 spiro atoms. The number of piperidine rings is 1. The summed E-state index contributed by atoms with van der Waals surface area (Å²) in [5.41, 5.74) is 0. The van der Waals surface area contributed by atoms with Crippen LogP contribution in [0.2, 0.25) is 0 Å². The molecule has 2 aliphatic rings. The molecule has 76 valence electrons. The molecule has 0 aliphatic carbocycles. The molecule has 2 saturated heterocycles. The van der Waals surface area contributed by atoms with E-state index < -0.39 is 0 Å². The lowest BCUT2D eigenvalue weighted by Gasteiger charge is -2.28. The maximum Gasteiger partial charge on any atom is 0.0468 e. The molecule has 2 nitrogen and oxygen atoms in total. The second-order valence-electron chi connectivity index (χ2n) is 4.46. The van der Waals surface area contributed by atoms with E-state index >= 15 is 0 Å². The first-order chi connectivity index (χ1) is 6.38. The highest BCUT2D eigenvalue weighted by atomic mass is 16.5. The molecule has 0 amide bonds. The van der Waals surface area contributed by atoms with Gasteiger partial charge in [-0.3, -0.25) is 0 Å². The fourth-order valence-corrected chi connectivity index (χ4v) is 2.81. The number of rotatable bonds is 4. The molecular formula is C11H21NO. The molecule has 2 atom stereocenters. The van der Waals surface area contributed by atoms with Crippen molar-refractivity contribution in [2.75, 3.05) is 13.2 Å². The summed E-state index contributed by atoms with van der Waals surface area (Å²) in [5, 5.41) is 3.67. The summed E-state index contributed by atoms with van der Waals surface area (Å²) < 4.78 is 5.41. The normalized spacial score (nSPS) is 38.1. The first-order valence-electron chi connectivity index (χ1n) is 5.72. The summed E-state index contributed by atoms with van der Waals surface area (Å²) in [6, 6.07) is 1.68. The van der Waals surface area contributed by atoms with Gasteiger partial charge < -0.3 is 10.1 Å². The van der Waals surface area contributed by atoms with Gasteiger partial charge in [0.1, 0.15) is 0 Å². The molecule has 2 fully saturated rings. The zero-order valence-electron chi connectivity index (χ0n) is 8.59. The maximum atomic E-state index is 5.41. The van der Waals surface area contributed by atoms with Gasteiger partial charge in [0.2, 0.25) is 0 Å². The van der Waals surface area contributed by atoms with Crippen LogP contribution in [0.25, 0.3) is 0 Å². The van der Waals surface area contributed by atoms with Gasteiger partial charge in [0.25, 0.3) is 0 Å². The molecule has 0 radical (unpaired) electrons. The second-order valence-corrected chi connectivity index (χ2v) is 4.46. The van der Waals surface area contributed by atoms with Gasteiger partial charge in [-0.25, -0.2) is 0 Å². The van der Waals surface area contributed by atoms with E-state index in [4.69, 9.17) is 4.74 Å². The van der Waals surface area contributed by atoms with Crippen LogP contribution in [0.15, 0.2) is 0 Å². The molecule has 0 aromatic carbocycles. The average molecular weight is 183 g/mol. The van der Waals surface area contributed by atoms with Crippen LogP contribution in [-0.4, -0.2) is 25.3 Å². The lowest BCUT2D eigenvalue weighted by molar-refractivity contribution is 0.121. The van der Waals surface area contributed by atoms with Crippen LogP contribution in [0.4, 0.5) is 0 Å². The Labute approximate surface area is 81.0 Å². The van der Waals surface area contributed by atoms with E-state index in [-0.39, 0.29) is 0 Å². The van der Waals surface area contributed by atoms with E-state index in [0.29, 0.717) is 0 Å². The number of fused-ring (bicyclic) bond motifs is 2. The highest BCUT2D eigenvalue weighted by molar-refractivity contribution is 4.91. The van der Waals surface area contributed by atoms with Gasteiger partial charge in [0.05, 0.1) is 0 Å². The molecule has 13 heavy (non-hydrogen) atoms. The van der Waals surface area contributed by atoms with Crippen molar-refractivity contribution in [1.82, 2.24) is 5.32 Å². The minimum Gasteiger partial charge on any atom is -0.382 e. The second kappa shape index (κ2) is 4.43. The maximum absolute atomic E-state index is 5.41. The van der Waals surface area contributed by atoms with Gasteiger partial charge in [0.15, 0.2) is 0 Å². The first kappa shape index (κ1) is 9.47. The molecule has 0 saturated carbocycles. The van der Waals surface area contributed by atoms with Crippen LogP contribution < -0.4 is 5.32 Å². The summed E-state index contributed by atoms with van der Waals surface area (Å²) in [6.07, 6.45) is 6.89. The Morgan fingerprint density at radius 2 is 1.92 bits per heavy atom. The number of hydrogen-bond donors (Lipinski definition) is 1. The molecule has 0 aromatic rings. The monoisotopic (exact) mass is 183 g/mol. The molecule has 2 heterocycles. The first-order valence-corrected chi connectivity index (χ1v) is 5.72. The van der Waals surface area contributed by atoms with Gasteiger partial charge in [0, 0.05) is 25.3 Å². The molecule has 2 rings (SSSR count). The fraction of sp³-hybridized carbons (Fsp3) is 1.00. The van der Waals surface area contributed by atoms with Crippen molar-refractivity contribution in [1.29, 1.82) is 0 Å². The van der Waals surface area contributed by atoms with Crippen LogP contribution in [-0.2, 0) is 4.74 Å². The number of ether oxygens (including phenoxy) is 1. The van der Waals surface area contributed by atoms with E-state index in [1.807, 2.05) is 0 Å². The van der Waals surface area contributed by atoms with Crippen LogP contribution in [0.5, 0.6) is 0 Å². The predicted molar refractivity (Wildman–Crippen MR) is 53.8 cm³/mol. The minimum absolute atomic E-state index is 0.838. The lowest BCUT2D eigenvalue weighted by atomic mass is 9.90. The third-order valence-corrected chi connectivity index (χ3v) is 3.45. The zero-order valence-corrected chi connectivity index (χ0v) is 8.59. The number of hydrogen-bond acceptors (Lipinski definition) is 2. The van der Waals surface area contributed by atoms with Crippen LogP contribution in [0.3, 0.4) is 0 Å².